The lowest BCUT2D eigenvalue weighted by molar-refractivity contribution is 0.648. The maximum Gasteiger partial charge on any atom is 0.0540 e. The van der Waals surface area contributed by atoms with Crippen LogP contribution in [0, 0.1) is 0 Å². The van der Waals surface area contributed by atoms with Gasteiger partial charge in [0.15, 0.2) is 0 Å². The van der Waals surface area contributed by atoms with Crippen molar-refractivity contribution in [3.8, 4) is 0 Å². The molecule has 2 aliphatic heterocycles. The topological polar surface area (TPSA) is 6.48 Å². The van der Waals surface area contributed by atoms with Gasteiger partial charge >= 0.3 is 0 Å². The highest BCUT2D eigenvalue weighted by atomic mass is 15.2. The first-order valence-electron chi connectivity index (χ1n) is 21.8. The van der Waals surface area contributed by atoms with Gasteiger partial charge in [-0.2, -0.15) is 0 Å². The molecule has 2 heterocycles. The molecule has 2 nitrogen and oxygen atoms in total. The minimum Gasteiger partial charge on any atom is -0.314 e. The average molecular weight is 783 g/mol. The van der Waals surface area contributed by atoms with Gasteiger partial charge in [0.1, 0.15) is 0 Å². The molecule has 0 saturated heterocycles. The number of nitrogens with zero attached hydrogens (tertiary/aromatic N) is 2. The summed E-state index contributed by atoms with van der Waals surface area (Å²) in [6.07, 6.45) is 11.1. The van der Waals surface area contributed by atoms with Crippen molar-refractivity contribution in [3.63, 3.8) is 0 Å². The van der Waals surface area contributed by atoms with Crippen LogP contribution in [0.5, 0.6) is 0 Å². The first-order chi connectivity index (χ1) is 30.0. The molecule has 61 heavy (non-hydrogen) atoms. The zero-order valence-electron chi connectivity index (χ0n) is 34.7. The fraction of sp³-hybridized carbons (Fsp3) is 0.119. The summed E-state index contributed by atoms with van der Waals surface area (Å²) in [7, 11) is 0. The molecule has 2 heteroatoms. The number of hydrogen-bond acceptors (Lipinski definition) is 2. The molecule has 8 aromatic carbocycles. The van der Waals surface area contributed by atoms with E-state index in [9.17, 15) is 0 Å². The van der Waals surface area contributed by atoms with Gasteiger partial charge in [-0.1, -0.05) is 166 Å². The lowest BCUT2D eigenvalue weighted by Gasteiger charge is -2.37. The van der Waals surface area contributed by atoms with Crippen LogP contribution >= 0.6 is 0 Å². The highest BCUT2D eigenvalue weighted by Crippen LogP contribution is 2.53. The molecule has 0 spiro atoms. The van der Waals surface area contributed by atoms with Gasteiger partial charge in [-0.3, -0.25) is 0 Å². The van der Waals surface area contributed by atoms with Crippen LogP contribution in [0.1, 0.15) is 71.2 Å². The van der Waals surface area contributed by atoms with Crippen molar-refractivity contribution in [1.29, 1.82) is 0 Å². The molecule has 0 radical (unpaired) electrons. The molecule has 0 saturated carbocycles. The van der Waals surface area contributed by atoms with Crippen molar-refractivity contribution in [2.75, 3.05) is 9.80 Å². The largest absolute Gasteiger partial charge is 0.314 e. The van der Waals surface area contributed by atoms with Crippen LogP contribution in [0.4, 0.5) is 28.4 Å². The smallest absolute Gasteiger partial charge is 0.0540 e. The number of allylic oxidation sites excluding steroid dienone is 4. The third kappa shape index (κ3) is 5.85. The summed E-state index contributed by atoms with van der Waals surface area (Å²) >= 11 is 0. The van der Waals surface area contributed by atoms with Crippen molar-refractivity contribution in [1.82, 2.24) is 0 Å². The van der Waals surface area contributed by atoms with Crippen LogP contribution in [0.3, 0.4) is 0 Å². The zero-order chi connectivity index (χ0) is 40.7. The van der Waals surface area contributed by atoms with Crippen LogP contribution in [0.25, 0.3) is 39.3 Å². The Balaban J connectivity index is 0.856. The highest BCUT2D eigenvalue weighted by Gasteiger charge is 2.39. The number of benzene rings is 7. The van der Waals surface area contributed by atoms with Crippen LogP contribution in [0.15, 0.2) is 193 Å². The van der Waals surface area contributed by atoms with Gasteiger partial charge in [0, 0.05) is 52.1 Å². The van der Waals surface area contributed by atoms with Gasteiger partial charge < -0.3 is 9.80 Å². The average Bonchev–Trinajstić information content (AvgIpc) is 3.52. The lowest BCUT2D eigenvalue weighted by Crippen LogP contribution is -2.25. The number of fused-ring (bicyclic) bond motifs is 7. The Kier molecular flexibility index (Phi) is 8.19. The summed E-state index contributed by atoms with van der Waals surface area (Å²) in [4.78, 5) is 5.00. The molecular formula is C59H46N2. The second kappa shape index (κ2) is 14.0. The summed E-state index contributed by atoms with van der Waals surface area (Å²) < 4.78 is 0. The molecule has 0 N–H and O–H groups in total. The summed E-state index contributed by atoms with van der Waals surface area (Å²) in [6, 6.07) is 65.4. The van der Waals surface area contributed by atoms with Crippen molar-refractivity contribution in [2.45, 2.75) is 44.9 Å². The van der Waals surface area contributed by atoms with Crippen LogP contribution in [-0.4, -0.2) is 0 Å². The Morgan fingerprint density at radius 1 is 0.459 bits per heavy atom. The number of para-hydroxylation sites is 4. The second-order valence-electron chi connectivity index (χ2n) is 17.7. The fourth-order valence-electron chi connectivity index (χ4n) is 10.7. The fourth-order valence-corrected chi connectivity index (χ4v) is 10.7. The molecule has 292 valence electrons. The first kappa shape index (κ1) is 35.8. The Labute approximate surface area is 358 Å². The van der Waals surface area contributed by atoms with E-state index in [1.165, 1.54) is 106 Å². The van der Waals surface area contributed by atoms with Crippen LogP contribution < -0.4 is 9.80 Å². The number of hydrogen-bond donors (Lipinski definition) is 0. The Hall–Kier alpha value is -7.16. The van der Waals surface area contributed by atoms with Gasteiger partial charge in [-0.05, 0) is 127 Å². The van der Waals surface area contributed by atoms with Gasteiger partial charge in [0.25, 0.3) is 0 Å². The van der Waals surface area contributed by atoms with Crippen LogP contribution in [-0.2, 0) is 18.3 Å². The predicted octanol–water partition coefficient (Wildman–Crippen LogP) is 15.6. The molecule has 0 atom stereocenters. The third-order valence-electron chi connectivity index (χ3n) is 13.8. The molecular weight excluding hydrogens is 737 g/mol. The molecule has 2 aliphatic carbocycles. The Bertz CT molecular complexity index is 3160. The van der Waals surface area contributed by atoms with E-state index in [1.54, 1.807) is 0 Å². The monoisotopic (exact) mass is 782 g/mol. The summed E-state index contributed by atoms with van der Waals surface area (Å²) in [5.41, 5.74) is 21.4. The van der Waals surface area contributed by atoms with Crippen LogP contribution in [0.2, 0.25) is 0 Å². The Morgan fingerprint density at radius 2 is 1.05 bits per heavy atom. The molecule has 0 aromatic heterocycles. The van der Waals surface area contributed by atoms with E-state index < -0.39 is 0 Å². The highest BCUT2D eigenvalue weighted by molar-refractivity contribution is 6.09. The molecule has 0 fully saturated rings. The van der Waals surface area contributed by atoms with E-state index in [-0.39, 0.29) is 5.41 Å². The van der Waals surface area contributed by atoms with Crippen molar-refractivity contribution in [3.05, 3.63) is 238 Å². The number of rotatable bonds is 4. The van der Waals surface area contributed by atoms with Gasteiger partial charge in [-0.15, -0.1) is 0 Å². The van der Waals surface area contributed by atoms with E-state index >= 15 is 0 Å². The molecule has 0 unspecified atom stereocenters. The zero-order valence-corrected chi connectivity index (χ0v) is 34.7. The van der Waals surface area contributed by atoms with Gasteiger partial charge in [0.2, 0.25) is 0 Å². The minimum absolute atomic E-state index is 0.0972. The first-order valence-corrected chi connectivity index (χ1v) is 21.8. The predicted molar refractivity (Wildman–Crippen MR) is 258 cm³/mol. The summed E-state index contributed by atoms with van der Waals surface area (Å²) in [5.74, 6) is 0. The van der Waals surface area contributed by atoms with E-state index in [0.29, 0.717) is 0 Å². The lowest BCUT2D eigenvalue weighted by atomic mass is 9.79. The number of anilines is 5. The second-order valence-corrected chi connectivity index (χ2v) is 17.7. The van der Waals surface area contributed by atoms with Gasteiger partial charge in [0.05, 0.1) is 5.69 Å². The Morgan fingerprint density at radius 3 is 1.72 bits per heavy atom. The standard InChI is InChI=1S/C59H46N2/c1-59(2)52-35-41(26-30-48(52)49-32-29-47(38-53(49)59)60-54-18-7-3-13-43(54)36-44-14-4-8-19-55(44)60)25-23-39-12-11-17-42-28-33-58(50-31-27-40(24-22-39)34-51(42)50)61-56-20-9-5-15-45(56)37-46-16-6-10-21-57(46)61/h3-28,30-31,33-35,38H,29,32,36-37H2,1-2H3. The van der Waals surface area contributed by atoms with Crippen molar-refractivity contribution in [2.24, 2.45) is 0 Å². The maximum absolute atomic E-state index is 2.54. The van der Waals surface area contributed by atoms with E-state index in [1.807, 2.05) is 0 Å². The molecule has 4 aliphatic rings. The third-order valence-corrected chi connectivity index (χ3v) is 13.8. The SMILES string of the molecule is CC1(C)C2=C(CCC(N3c4ccccc4Cc4ccccc43)=C2)c2ccc(C=Cc3cccc4ccc(N5c6ccccc6Cc6ccccc65)c5ccc(cc3)cc45)cc21. The summed E-state index contributed by atoms with van der Waals surface area (Å²) in [6.45, 7) is 4.83. The van der Waals surface area contributed by atoms with Crippen molar-refractivity contribution < 1.29 is 0 Å². The normalized spacial score (nSPS) is 15.8. The minimum atomic E-state index is -0.0972. The molecule has 0 amide bonds. The summed E-state index contributed by atoms with van der Waals surface area (Å²) in [5, 5.41) is 4.92. The quantitative estimate of drug-likeness (QED) is 0.175. The van der Waals surface area contributed by atoms with Crippen molar-refractivity contribution >= 4 is 67.7 Å². The molecule has 8 aromatic rings. The molecule has 12 rings (SSSR count). The van der Waals surface area contributed by atoms with E-state index in [0.717, 1.165) is 31.2 Å². The molecule has 2 bridgehead atoms. The van der Waals surface area contributed by atoms with E-state index in [2.05, 4.69) is 218 Å². The van der Waals surface area contributed by atoms with Gasteiger partial charge in [-0.25, -0.2) is 0 Å². The maximum atomic E-state index is 2.54. The van der Waals surface area contributed by atoms with E-state index in [4.69, 9.17) is 0 Å².